The molecule has 0 aliphatic carbocycles. The van der Waals surface area contributed by atoms with Crippen molar-refractivity contribution in [3.63, 3.8) is 0 Å². The molecule has 5 nitrogen and oxygen atoms in total. The van der Waals surface area contributed by atoms with Crippen LogP contribution in [0.4, 0.5) is 5.82 Å². The first-order valence-electron chi connectivity index (χ1n) is 4.76. The Kier molecular flexibility index (Phi) is 2.59. The van der Waals surface area contributed by atoms with Gasteiger partial charge < -0.3 is 11.1 Å². The normalized spacial score (nSPS) is 10.1. The molecule has 0 fully saturated rings. The third kappa shape index (κ3) is 1.88. The largest absolute Gasteiger partial charge is 0.383 e. The lowest BCUT2D eigenvalue weighted by Crippen LogP contribution is -2.02. The first kappa shape index (κ1) is 10.2. The van der Waals surface area contributed by atoms with Crippen LogP contribution in [-0.2, 0) is 0 Å². The number of nitrogens with two attached hydrogens (primary N) is 1. The highest BCUT2D eigenvalue weighted by molar-refractivity contribution is 6.01. The highest BCUT2D eigenvalue weighted by atomic mass is 14.8. The van der Waals surface area contributed by atoms with Gasteiger partial charge in [0.2, 0.25) is 0 Å². The summed E-state index contributed by atoms with van der Waals surface area (Å²) in [6, 6.07) is 1.80. The number of rotatable bonds is 2. The summed E-state index contributed by atoms with van der Waals surface area (Å²) in [5, 5.41) is 7.58. The quantitative estimate of drug-likeness (QED) is 0.740. The minimum Gasteiger partial charge on any atom is -0.383 e. The molecule has 0 unspecified atom stereocenters. The van der Waals surface area contributed by atoms with Gasteiger partial charge in [0.1, 0.15) is 5.82 Å². The summed E-state index contributed by atoms with van der Waals surface area (Å²) in [6.07, 6.45) is 6.50. The monoisotopic (exact) mass is 213 g/mol. The molecule has 2 rings (SSSR count). The summed E-state index contributed by atoms with van der Waals surface area (Å²) < 4.78 is 0. The van der Waals surface area contributed by atoms with Crippen LogP contribution in [0.25, 0.3) is 11.3 Å². The van der Waals surface area contributed by atoms with Gasteiger partial charge in [0.05, 0.1) is 11.9 Å². The van der Waals surface area contributed by atoms with E-state index in [4.69, 9.17) is 11.1 Å². The van der Waals surface area contributed by atoms with E-state index in [0.29, 0.717) is 17.1 Å². The molecular formula is C11H11N5. The Labute approximate surface area is 92.9 Å². The van der Waals surface area contributed by atoms with Crippen LogP contribution in [-0.4, -0.2) is 20.7 Å². The first-order chi connectivity index (χ1) is 7.68. The number of pyridine rings is 1. The topological polar surface area (TPSA) is 88.5 Å². The van der Waals surface area contributed by atoms with Crippen molar-refractivity contribution in [3.8, 4) is 11.3 Å². The number of aromatic nitrogens is 3. The van der Waals surface area contributed by atoms with Gasteiger partial charge in [-0.05, 0) is 13.0 Å². The van der Waals surface area contributed by atoms with Gasteiger partial charge in [0, 0.05) is 35.4 Å². The van der Waals surface area contributed by atoms with Gasteiger partial charge in [-0.1, -0.05) is 0 Å². The number of nitrogens with one attached hydrogen (secondary N) is 1. The van der Waals surface area contributed by atoms with E-state index < -0.39 is 0 Å². The molecule has 0 saturated heterocycles. The van der Waals surface area contributed by atoms with Crippen molar-refractivity contribution in [2.24, 2.45) is 0 Å². The zero-order valence-corrected chi connectivity index (χ0v) is 8.81. The predicted octanol–water partition coefficient (Wildman–Crippen LogP) is 1.51. The average Bonchev–Trinajstić information content (AvgIpc) is 2.30. The third-order valence-corrected chi connectivity index (χ3v) is 2.18. The van der Waals surface area contributed by atoms with E-state index in [1.165, 1.54) is 0 Å². The summed E-state index contributed by atoms with van der Waals surface area (Å²) in [4.78, 5) is 12.2. The summed E-state index contributed by atoms with van der Waals surface area (Å²) in [7, 11) is 0. The minimum atomic E-state index is 0.361. The second-order valence-corrected chi connectivity index (χ2v) is 3.37. The van der Waals surface area contributed by atoms with Crippen molar-refractivity contribution in [3.05, 3.63) is 36.4 Å². The molecule has 2 aromatic rings. The third-order valence-electron chi connectivity index (χ3n) is 2.18. The van der Waals surface area contributed by atoms with E-state index in [2.05, 4.69) is 15.0 Å². The van der Waals surface area contributed by atoms with Crippen LogP contribution in [0.1, 0.15) is 12.5 Å². The van der Waals surface area contributed by atoms with E-state index in [1.54, 1.807) is 37.8 Å². The van der Waals surface area contributed by atoms with E-state index in [0.717, 1.165) is 11.3 Å². The zero-order valence-electron chi connectivity index (χ0n) is 8.81. The molecule has 0 amide bonds. The van der Waals surface area contributed by atoms with Gasteiger partial charge in [0.15, 0.2) is 0 Å². The van der Waals surface area contributed by atoms with Crippen LogP contribution in [0.2, 0.25) is 0 Å². The molecule has 2 aromatic heterocycles. The van der Waals surface area contributed by atoms with Crippen LogP contribution < -0.4 is 5.73 Å². The standard InChI is InChI=1S/C11H11N5/c1-7(12)9-4-8(5-16-11(9)13)10-6-14-2-3-15-10/h2-6,12H,1H3,(H2,13,16). The molecule has 0 radical (unpaired) electrons. The fourth-order valence-electron chi connectivity index (χ4n) is 1.36. The molecule has 3 N–H and O–H groups in total. The van der Waals surface area contributed by atoms with E-state index >= 15 is 0 Å². The smallest absolute Gasteiger partial charge is 0.132 e. The molecule has 0 aliphatic rings. The van der Waals surface area contributed by atoms with Gasteiger partial charge in [-0.15, -0.1) is 0 Å². The second-order valence-electron chi connectivity index (χ2n) is 3.37. The van der Waals surface area contributed by atoms with Gasteiger partial charge in [-0.25, -0.2) is 4.98 Å². The zero-order chi connectivity index (χ0) is 11.5. The first-order valence-corrected chi connectivity index (χ1v) is 4.76. The molecule has 0 aromatic carbocycles. The number of nitrogens with zero attached hydrogens (tertiary/aromatic N) is 3. The number of hydrogen-bond donors (Lipinski definition) is 2. The Balaban J connectivity index is 2.52. The van der Waals surface area contributed by atoms with E-state index in [1.807, 2.05) is 0 Å². The molecular weight excluding hydrogens is 202 g/mol. The van der Waals surface area contributed by atoms with Gasteiger partial charge in [-0.3, -0.25) is 9.97 Å². The average molecular weight is 213 g/mol. The van der Waals surface area contributed by atoms with Crippen LogP contribution >= 0.6 is 0 Å². The number of nitrogen functional groups attached to an aromatic ring is 1. The van der Waals surface area contributed by atoms with Gasteiger partial charge in [0.25, 0.3) is 0 Å². The minimum absolute atomic E-state index is 0.361. The van der Waals surface area contributed by atoms with E-state index in [-0.39, 0.29) is 0 Å². The summed E-state index contributed by atoms with van der Waals surface area (Å²) in [6.45, 7) is 1.67. The summed E-state index contributed by atoms with van der Waals surface area (Å²) in [5.41, 5.74) is 8.22. The second kappa shape index (κ2) is 4.06. The molecule has 80 valence electrons. The van der Waals surface area contributed by atoms with Crippen molar-refractivity contribution in [1.29, 1.82) is 5.41 Å². The predicted molar refractivity (Wildman–Crippen MR) is 62.2 cm³/mol. The van der Waals surface area contributed by atoms with Gasteiger partial charge >= 0.3 is 0 Å². The van der Waals surface area contributed by atoms with E-state index in [9.17, 15) is 0 Å². The Morgan fingerprint density at radius 1 is 1.25 bits per heavy atom. The van der Waals surface area contributed by atoms with Crippen molar-refractivity contribution in [1.82, 2.24) is 15.0 Å². The Hall–Kier alpha value is -2.30. The molecule has 0 saturated carbocycles. The summed E-state index contributed by atoms with van der Waals surface area (Å²) in [5.74, 6) is 0.361. The fraction of sp³-hybridized carbons (Fsp3) is 0.0909. The Bertz CT molecular complexity index is 521. The molecule has 0 aliphatic heterocycles. The Morgan fingerprint density at radius 3 is 2.69 bits per heavy atom. The van der Waals surface area contributed by atoms with Gasteiger partial charge in [-0.2, -0.15) is 0 Å². The maximum Gasteiger partial charge on any atom is 0.132 e. The fourth-order valence-corrected chi connectivity index (χ4v) is 1.36. The number of hydrogen-bond acceptors (Lipinski definition) is 5. The highest BCUT2D eigenvalue weighted by Gasteiger charge is 2.06. The lowest BCUT2D eigenvalue weighted by molar-refractivity contribution is 1.19. The molecule has 0 spiro atoms. The van der Waals surface area contributed by atoms with Crippen LogP contribution in [0, 0.1) is 5.41 Å². The summed E-state index contributed by atoms with van der Waals surface area (Å²) >= 11 is 0. The SMILES string of the molecule is CC(=N)c1cc(-c2cnccn2)cnc1N. The lowest BCUT2D eigenvalue weighted by atomic mass is 10.1. The van der Waals surface area contributed by atoms with Crippen molar-refractivity contribution in [2.75, 3.05) is 5.73 Å². The lowest BCUT2D eigenvalue weighted by Gasteiger charge is -2.05. The maximum absolute atomic E-state index is 7.58. The van der Waals surface area contributed by atoms with Crippen molar-refractivity contribution < 1.29 is 0 Å². The highest BCUT2D eigenvalue weighted by Crippen LogP contribution is 2.19. The van der Waals surface area contributed by atoms with Crippen molar-refractivity contribution >= 4 is 11.5 Å². The molecule has 16 heavy (non-hydrogen) atoms. The molecule has 2 heterocycles. The maximum atomic E-state index is 7.58. The van der Waals surface area contributed by atoms with Crippen LogP contribution in [0.3, 0.4) is 0 Å². The Morgan fingerprint density at radius 2 is 2.06 bits per heavy atom. The molecule has 0 atom stereocenters. The molecule has 5 heteroatoms. The van der Waals surface area contributed by atoms with Crippen LogP contribution in [0.15, 0.2) is 30.9 Å². The van der Waals surface area contributed by atoms with Crippen molar-refractivity contribution in [2.45, 2.75) is 6.92 Å². The van der Waals surface area contributed by atoms with Crippen LogP contribution in [0.5, 0.6) is 0 Å². The molecule has 0 bridgehead atoms. The number of anilines is 1.